The van der Waals surface area contributed by atoms with Crippen molar-refractivity contribution in [2.45, 2.75) is 44.0 Å². The molecular weight excluding hydrogens is 681 g/mol. The maximum absolute atomic E-state index is 14.4. The number of halogens is 16. The predicted molar refractivity (Wildman–Crippen MR) is 107 cm³/mol. The molecule has 226 valence electrons. The van der Waals surface area contributed by atoms with Gasteiger partial charge in [-0.15, -0.1) is 0 Å². The van der Waals surface area contributed by atoms with Crippen molar-refractivity contribution in [3.63, 3.8) is 0 Å². The van der Waals surface area contributed by atoms with Gasteiger partial charge in [0.2, 0.25) is 0 Å². The van der Waals surface area contributed by atoms with Crippen LogP contribution in [0.25, 0.3) is 0 Å². The van der Waals surface area contributed by atoms with Gasteiger partial charge in [0.05, 0.1) is 9.92 Å². The first-order valence-electron chi connectivity index (χ1n) is 9.23. The van der Waals surface area contributed by atoms with Gasteiger partial charge in [-0.05, 0) is 36.4 Å². The Morgan fingerprint density at radius 2 is 0.925 bits per heavy atom. The van der Waals surface area contributed by atoms with Gasteiger partial charge in [-0.1, -0.05) is 23.2 Å². The molecule has 0 saturated carbocycles. The van der Waals surface area contributed by atoms with Gasteiger partial charge < -0.3 is 0 Å². The summed E-state index contributed by atoms with van der Waals surface area (Å²) < 4.78 is 246. The lowest BCUT2D eigenvalue weighted by Crippen LogP contribution is -2.72. The van der Waals surface area contributed by atoms with Gasteiger partial charge >= 0.3 is 34.2 Å². The van der Waals surface area contributed by atoms with E-state index in [1.54, 1.807) is 0 Å². The normalized spacial score (nSPS) is 14.9. The van der Waals surface area contributed by atoms with E-state index >= 15 is 0 Å². The van der Waals surface area contributed by atoms with E-state index in [0.29, 0.717) is 12.1 Å². The summed E-state index contributed by atoms with van der Waals surface area (Å²) in [6.45, 7) is 0. The molecule has 0 bridgehead atoms. The summed E-state index contributed by atoms with van der Waals surface area (Å²) in [6, 6.07) is -0.390. The Kier molecular flexibility index (Phi) is 8.33. The van der Waals surface area contributed by atoms with Crippen LogP contribution >= 0.6 is 23.2 Å². The number of alkyl halides is 12. The standard InChI is InChI=1S/C18H6Cl2F14O4S2/c19-7-1-3-9(20)11(5-7)39(35,36)17(31,32)15(27,28)13(23,24)14(25,26)16(29,30)18(33,34)40(37,38)12-6-8(21)2-4-10(12)22/h1-6H. The molecule has 2 aromatic rings. The average molecular weight is 687 g/mol. The Bertz CT molecular complexity index is 1430. The highest BCUT2D eigenvalue weighted by molar-refractivity contribution is 7.93. The minimum atomic E-state index is -8.57. The van der Waals surface area contributed by atoms with Crippen LogP contribution in [-0.2, 0) is 19.7 Å². The fourth-order valence-corrected chi connectivity index (χ4v) is 6.08. The van der Waals surface area contributed by atoms with E-state index in [1.807, 2.05) is 0 Å². The largest absolute Gasteiger partial charge is 0.418 e. The number of hydrogen-bond acceptors (Lipinski definition) is 4. The van der Waals surface area contributed by atoms with Gasteiger partial charge in [-0.3, -0.25) is 0 Å². The first-order valence-corrected chi connectivity index (χ1v) is 13.0. The van der Waals surface area contributed by atoms with Crippen LogP contribution in [-0.4, -0.2) is 51.0 Å². The molecule has 0 aliphatic carbocycles. The maximum Gasteiger partial charge on any atom is 0.418 e. The van der Waals surface area contributed by atoms with E-state index in [4.69, 9.17) is 23.2 Å². The zero-order chi connectivity index (χ0) is 31.7. The minimum absolute atomic E-state index is 0.0113. The van der Waals surface area contributed by atoms with Gasteiger partial charge in [-0.25, -0.2) is 25.6 Å². The summed E-state index contributed by atoms with van der Waals surface area (Å²) in [5, 5.41) is -17.7. The van der Waals surface area contributed by atoms with Crippen LogP contribution in [0.2, 0.25) is 10.0 Å². The molecule has 40 heavy (non-hydrogen) atoms. The number of hydrogen-bond donors (Lipinski definition) is 0. The molecule has 0 heterocycles. The molecule has 4 nitrogen and oxygen atoms in total. The minimum Gasteiger partial charge on any atom is -0.217 e. The first-order chi connectivity index (χ1) is 17.6. The Balaban J connectivity index is 2.78. The molecule has 0 aromatic heterocycles. The van der Waals surface area contributed by atoms with Gasteiger partial charge in [0.1, 0.15) is 16.5 Å². The van der Waals surface area contributed by atoms with E-state index in [2.05, 4.69) is 0 Å². The molecule has 0 aliphatic heterocycles. The van der Waals surface area contributed by atoms with Crippen molar-refractivity contribution in [3.05, 3.63) is 58.1 Å². The fraction of sp³-hybridized carbons (Fsp3) is 0.333. The summed E-state index contributed by atoms with van der Waals surface area (Å²) in [5.74, 6) is -38.2. The van der Waals surface area contributed by atoms with Crippen molar-refractivity contribution in [2.24, 2.45) is 0 Å². The second-order valence-corrected chi connectivity index (χ2v) is 12.2. The molecule has 0 N–H and O–H groups in total. The first kappa shape index (κ1) is 34.1. The lowest BCUT2D eigenvalue weighted by molar-refractivity contribution is -0.407. The Morgan fingerprint density at radius 1 is 0.525 bits per heavy atom. The number of sulfone groups is 2. The van der Waals surface area contributed by atoms with Crippen molar-refractivity contribution >= 4 is 42.9 Å². The molecule has 0 fully saturated rings. The fourth-order valence-electron chi connectivity index (χ4n) is 2.74. The molecule has 0 spiro atoms. The van der Waals surface area contributed by atoms with Crippen molar-refractivity contribution in [3.8, 4) is 0 Å². The number of benzene rings is 2. The van der Waals surface area contributed by atoms with Crippen LogP contribution in [0.3, 0.4) is 0 Å². The second-order valence-electron chi connectivity index (χ2n) is 7.49. The molecule has 0 atom stereocenters. The van der Waals surface area contributed by atoms with E-state index in [9.17, 15) is 78.3 Å². The lowest BCUT2D eigenvalue weighted by atomic mass is 9.98. The molecule has 0 aliphatic rings. The number of rotatable bonds is 9. The topological polar surface area (TPSA) is 68.3 Å². The van der Waals surface area contributed by atoms with Crippen LogP contribution in [0.15, 0.2) is 46.2 Å². The molecule has 0 radical (unpaired) electrons. The summed E-state index contributed by atoms with van der Waals surface area (Å²) in [6.07, 6.45) is 0. The van der Waals surface area contributed by atoms with Crippen LogP contribution in [0, 0.1) is 11.6 Å². The van der Waals surface area contributed by atoms with Crippen molar-refractivity contribution < 1.29 is 78.3 Å². The van der Waals surface area contributed by atoms with Crippen LogP contribution < -0.4 is 0 Å². The highest BCUT2D eigenvalue weighted by Crippen LogP contribution is 2.62. The van der Waals surface area contributed by atoms with Gasteiger partial charge in [-0.2, -0.15) is 52.7 Å². The smallest absolute Gasteiger partial charge is 0.217 e. The van der Waals surface area contributed by atoms with Crippen LogP contribution in [0.5, 0.6) is 0 Å². The molecule has 2 rings (SSSR count). The predicted octanol–water partition coefficient (Wildman–Crippen LogP) is 7.25. The molecule has 0 unspecified atom stereocenters. The Hall–Kier alpha value is -2.06. The van der Waals surface area contributed by atoms with E-state index < -0.39 is 91.4 Å². The monoisotopic (exact) mass is 686 g/mol. The highest BCUT2D eigenvalue weighted by atomic mass is 35.5. The molecular formula is C18H6Cl2F14O4S2. The van der Waals surface area contributed by atoms with E-state index in [-0.39, 0.29) is 18.2 Å². The average Bonchev–Trinajstić information content (AvgIpc) is 2.80. The third-order valence-corrected chi connectivity index (χ3v) is 9.30. The van der Waals surface area contributed by atoms with Crippen molar-refractivity contribution in [2.75, 3.05) is 0 Å². The summed E-state index contributed by atoms with van der Waals surface area (Å²) in [4.78, 5) is -5.08. The van der Waals surface area contributed by atoms with Crippen molar-refractivity contribution in [1.82, 2.24) is 0 Å². The second kappa shape index (κ2) is 9.75. The third-order valence-electron chi connectivity index (χ3n) is 4.95. The van der Waals surface area contributed by atoms with E-state index in [0.717, 1.165) is 0 Å². The van der Waals surface area contributed by atoms with Crippen molar-refractivity contribution in [1.29, 1.82) is 0 Å². The summed E-state index contributed by atoms with van der Waals surface area (Å²) >= 11 is 10.5. The Labute approximate surface area is 223 Å². The highest BCUT2D eigenvalue weighted by Gasteiger charge is 2.93. The van der Waals surface area contributed by atoms with Gasteiger partial charge in [0.25, 0.3) is 19.7 Å². The zero-order valence-corrected chi connectivity index (χ0v) is 21.1. The van der Waals surface area contributed by atoms with E-state index in [1.165, 1.54) is 0 Å². The molecule has 0 amide bonds. The zero-order valence-electron chi connectivity index (χ0n) is 18.0. The molecule has 2 aromatic carbocycles. The summed E-state index contributed by atoms with van der Waals surface area (Å²) in [7, 11) is -15.2. The summed E-state index contributed by atoms with van der Waals surface area (Å²) in [5.41, 5.74) is 0. The van der Waals surface area contributed by atoms with Gasteiger partial charge in [0.15, 0.2) is 0 Å². The quantitative estimate of drug-likeness (QED) is 0.261. The molecule has 22 heteroatoms. The maximum atomic E-state index is 14.4. The van der Waals surface area contributed by atoms with Crippen LogP contribution in [0.1, 0.15) is 0 Å². The lowest BCUT2D eigenvalue weighted by Gasteiger charge is -2.40. The van der Waals surface area contributed by atoms with Gasteiger partial charge in [0, 0.05) is 5.02 Å². The Morgan fingerprint density at radius 3 is 1.35 bits per heavy atom. The molecule has 0 saturated heterocycles. The van der Waals surface area contributed by atoms with Crippen LogP contribution in [0.4, 0.5) is 61.5 Å². The SMILES string of the molecule is O=S(=O)(c1cc(F)ccc1F)C(F)(F)C(F)(F)C(F)(F)C(F)(F)C(F)(F)C(F)(F)S(=O)(=O)c1cc(Cl)ccc1Cl. The third kappa shape index (κ3) is 4.48.